The van der Waals surface area contributed by atoms with Gasteiger partial charge in [0.2, 0.25) is 0 Å². The van der Waals surface area contributed by atoms with Gasteiger partial charge in [-0.2, -0.15) is 0 Å². The van der Waals surface area contributed by atoms with Gasteiger partial charge in [-0.1, -0.05) is 12.1 Å². The Hall–Kier alpha value is -1.02. The lowest BCUT2D eigenvalue weighted by Crippen LogP contribution is -2.10. The van der Waals surface area contributed by atoms with E-state index in [1.165, 1.54) is 5.56 Å². The molecule has 1 fully saturated rings. The molecule has 2 nitrogen and oxygen atoms in total. The monoisotopic (exact) mass is 206 g/mol. The minimum Gasteiger partial charge on any atom is -0.491 e. The average molecular weight is 206 g/mol. The van der Waals surface area contributed by atoms with Gasteiger partial charge in [-0.25, -0.2) is 0 Å². The molecule has 1 N–H and O–H groups in total. The average Bonchev–Trinajstić information content (AvgIpc) is 2.86. The van der Waals surface area contributed by atoms with Gasteiger partial charge in [0.05, 0.1) is 11.7 Å². The van der Waals surface area contributed by atoms with Crippen LogP contribution in [0.1, 0.15) is 32.3 Å². The molecule has 1 aliphatic rings. The lowest BCUT2D eigenvalue weighted by atomic mass is 10.1. The van der Waals surface area contributed by atoms with Crippen LogP contribution in [-0.4, -0.2) is 16.8 Å². The maximum atomic E-state index is 9.77. The summed E-state index contributed by atoms with van der Waals surface area (Å²) in [7, 11) is 0. The Bertz CT molecular complexity index is 323. The molecule has 1 aromatic carbocycles. The van der Waals surface area contributed by atoms with Gasteiger partial charge < -0.3 is 9.84 Å². The quantitative estimate of drug-likeness (QED) is 0.820. The summed E-state index contributed by atoms with van der Waals surface area (Å²) in [4.78, 5) is 0. The summed E-state index contributed by atoms with van der Waals surface area (Å²) >= 11 is 0. The van der Waals surface area contributed by atoms with Crippen LogP contribution in [0.2, 0.25) is 0 Å². The molecule has 1 aromatic rings. The molecule has 0 radical (unpaired) electrons. The predicted octanol–water partition coefficient (Wildman–Crippen LogP) is 2.54. The summed E-state index contributed by atoms with van der Waals surface area (Å²) in [5, 5.41) is 9.77. The van der Waals surface area contributed by atoms with E-state index in [1.54, 1.807) is 0 Å². The minimum atomic E-state index is -0.402. The SMILES string of the molecule is CC(C)Oc1ccc(CC2(O)CC2)cc1. The summed E-state index contributed by atoms with van der Waals surface area (Å²) in [6, 6.07) is 8.02. The smallest absolute Gasteiger partial charge is 0.119 e. The molecule has 1 saturated carbocycles. The van der Waals surface area contributed by atoms with Gasteiger partial charge >= 0.3 is 0 Å². The van der Waals surface area contributed by atoms with Crippen LogP contribution in [0.5, 0.6) is 5.75 Å². The van der Waals surface area contributed by atoms with Crippen molar-refractivity contribution in [2.75, 3.05) is 0 Å². The number of benzene rings is 1. The summed E-state index contributed by atoms with van der Waals surface area (Å²) in [5.41, 5.74) is 0.784. The maximum Gasteiger partial charge on any atom is 0.119 e. The molecule has 0 saturated heterocycles. The highest BCUT2D eigenvalue weighted by Gasteiger charge is 2.39. The van der Waals surface area contributed by atoms with Crippen LogP contribution in [-0.2, 0) is 6.42 Å². The Morgan fingerprint density at radius 3 is 2.33 bits per heavy atom. The number of hydrogen-bond donors (Lipinski definition) is 1. The second kappa shape index (κ2) is 3.86. The molecule has 15 heavy (non-hydrogen) atoms. The van der Waals surface area contributed by atoms with E-state index < -0.39 is 5.60 Å². The Kier molecular flexibility index (Phi) is 2.70. The van der Waals surface area contributed by atoms with Gasteiger partial charge in [0.15, 0.2) is 0 Å². The third-order valence-corrected chi connectivity index (χ3v) is 2.66. The van der Waals surface area contributed by atoms with E-state index in [1.807, 2.05) is 38.1 Å². The van der Waals surface area contributed by atoms with Crippen molar-refractivity contribution in [2.24, 2.45) is 0 Å². The van der Waals surface area contributed by atoms with Crippen molar-refractivity contribution in [1.29, 1.82) is 0 Å². The maximum absolute atomic E-state index is 9.77. The first kappa shape index (κ1) is 10.5. The molecule has 0 aromatic heterocycles. The van der Waals surface area contributed by atoms with E-state index in [4.69, 9.17) is 4.74 Å². The van der Waals surface area contributed by atoms with Crippen LogP contribution in [0.4, 0.5) is 0 Å². The third kappa shape index (κ3) is 2.96. The fraction of sp³-hybridized carbons (Fsp3) is 0.538. The summed E-state index contributed by atoms with van der Waals surface area (Å²) < 4.78 is 5.55. The van der Waals surface area contributed by atoms with Crippen LogP contribution in [0.25, 0.3) is 0 Å². The number of aliphatic hydroxyl groups is 1. The van der Waals surface area contributed by atoms with E-state index in [-0.39, 0.29) is 6.10 Å². The molecule has 82 valence electrons. The minimum absolute atomic E-state index is 0.212. The van der Waals surface area contributed by atoms with Crippen LogP contribution < -0.4 is 4.74 Å². The van der Waals surface area contributed by atoms with Crippen LogP contribution in [0.3, 0.4) is 0 Å². The van der Waals surface area contributed by atoms with E-state index >= 15 is 0 Å². The van der Waals surface area contributed by atoms with E-state index in [2.05, 4.69) is 0 Å². The lowest BCUT2D eigenvalue weighted by molar-refractivity contribution is 0.151. The highest BCUT2D eigenvalue weighted by Crippen LogP contribution is 2.38. The molecular weight excluding hydrogens is 188 g/mol. The van der Waals surface area contributed by atoms with E-state index in [0.29, 0.717) is 0 Å². The molecule has 0 bridgehead atoms. The van der Waals surface area contributed by atoms with Crippen LogP contribution >= 0.6 is 0 Å². The fourth-order valence-electron chi connectivity index (χ4n) is 1.66. The third-order valence-electron chi connectivity index (χ3n) is 2.66. The predicted molar refractivity (Wildman–Crippen MR) is 60.1 cm³/mol. The number of rotatable bonds is 4. The second-order valence-corrected chi connectivity index (χ2v) is 4.71. The Morgan fingerprint density at radius 2 is 1.87 bits per heavy atom. The molecule has 0 amide bonds. The first-order valence-corrected chi connectivity index (χ1v) is 5.55. The zero-order valence-corrected chi connectivity index (χ0v) is 9.36. The van der Waals surface area contributed by atoms with Crippen molar-refractivity contribution in [3.05, 3.63) is 29.8 Å². The molecule has 0 unspecified atom stereocenters. The molecule has 0 aliphatic heterocycles. The Balaban J connectivity index is 1.97. The normalized spacial score (nSPS) is 17.9. The molecule has 1 aliphatic carbocycles. The lowest BCUT2D eigenvalue weighted by Gasteiger charge is -2.11. The Morgan fingerprint density at radius 1 is 1.27 bits per heavy atom. The highest BCUT2D eigenvalue weighted by atomic mass is 16.5. The molecule has 0 spiro atoms. The van der Waals surface area contributed by atoms with Crippen molar-refractivity contribution in [1.82, 2.24) is 0 Å². The first-order valence-electron chi connectivity index (χ1n) is 5.55. The van der Waals surface area contributed by atoms with Crippen LogP contribution in [0, 0.1) is 0 Å². The molecule has 2 heteroatoms. The van der Waals surface area contributed by atoms with Crippen molar-refractivity contribution < 1.29 is 9.84 Å². The topological polar surface area (TPSA) is 29.5 Å². The van der Waals surface area contributed by atoms with E-state index in [0.717, 1.165) is 25.0 Å². The molecule has 0 atom stereocenters. The summed E-state index contributed by atoms with van der Waals surface area (Å²) in [6.07, 6.45) is 2.87. The van der Waals surface area contributed by atoms with Crippen LogP contribution in [0.15, 0.2) is 24.3 Å². The second-order valence-electron chi connectivity index (χ2n) is 4.71. The standard InChI is InChI=1S/C13H18O2/c1-10(2)15-12-5-3-11(4-6-12)9-13(14)7-8-13/h3-6,10,14H,7-9H2,1-2H3. The Labute approximate surface area is 90.9 Å². The van der Waals surface area contributed by atoms with Gasteiger partial charge in [0.1, 0.15) is 5.75 Å². The molecule has 0 heterocycles. The van der Waals surface area contributed by atoms with Gasteiger partial charge in [-0.05, 0) is 44.4 Å². The van der Waals surface area contributed by atoms with Gasteiger partial charge in [-0.15, -0.1) is 0 Å². The van der Waals surface area contributed by atoms with E-state index in [9.17, 15) is 5.11 Å². The summed E-state index contributed by atoms with van der Waals surface area (Å²) in [6.45, 7) is 4.03. The van der Waals surface area contributed by atoms with Crippen molar-refractivity contribution in [3.63, 3.8) is 0 Å². The zero-order chi connectivity index (χ0) is 10.9. The zero-order valence-electron chi connectivity index (χ0n) is 9.36. The summed E-state index contributed by atoms with van der Waals surface area (Å²) in [5.74, 6) is 0.900. The van der Waals surface area contributed by atoms with Crippen molar-refractivity contribution in [2.45, 2.75) is 44.8 Å². The largest absolute Gasteiger partial charge is 0.491 e. The number of hydrogen-bond acceptors (Lipinski definition) is 2. The van der Waals surface area contributed by atoms with Gasteiger partial charge in [-0.3, -0.25) is 0 Å². The molecule has 2 rings (SSSR count). The van der Waals surface area contributed by atoms with Gasteiger partial charge in [0, 0.05) is 6.42 Å². The number of ether oxygens (including phenoxy) is 1. The highest BCUT2D eigenvalue weighted by molar-refractivity contribution is 5.29. The van der Waals surface area contributed by atoms with Crippen molar-refractivity contribution in [3.8, 4) is 5.75 Å². The van der Waals surface area contributed by atoms with Crippen molar-refractivity contribution >= 4 is 0 Å². The fourth-order valence-corrected chi connectivity index (χ4v) is 1.66. The van der Waals surface area contributed by atoms with Gasteiger partial charge in [0.25, 0.3) is 0 Å². The molecular formula is C13H18O2. The first-order chi connectivity index (χ1) is 7.07.